The van der Waals surface area contributed by atoms with Gasteiger partial charge in [-0.25, -0.2) is 4.98 Å². The lowest BCUT2D eigenvalue weighted by Gasteiger charge is -2.09. The number of nitrogens with zero attached hydrogens (tertiary/aromatic N) is 2. The molecule has 0 radical (unpaired) electrons. The number of carbonyl (C=O) groups is 1. The van der Waals surface area contributed by atoms with Crippen molar-refractivity contribution in [2.24, 2.45) is 7.05 Å². The summed E-state index contributed by atoms with van der Waals surface area (Å²) in [5.41, 5.74) is 2.02. The summed E-state index contributed by atoms with van der Waals surface area (Å²) < 4.78 is 12.4. The molecule has 1 heterocycles. The van der Waals surface area contributed by atoms with Crippen LogP contribution >= 0.6 is 0 Å². The van der Waals surface area contributed by atoms with Crippen LogP contribution in [0.5, 0.6) is 11.5 Å². The van der Waals surface area contributed by atoms with Crippen LogP contribution in [0.3, 0.4) is 0 Å². The minimum absolute atomic E-state index is 0.0377. The molecule has 0 unspecified atom stereocenters. The van der Waals surface area contributed by atoms with Gasteiger partial charge in [-0.05, 0) is 24.1 Å². The van der Waals surface area contributed by atoms with Crippen molar-refractivity contribution in [2.75, 3.05) is 20.8 Å². The van der Waals surface area contributed by atoms with Crippen molar-refractivity contribution in [1.82, 2.24) is 14.9 Å². The molecule has 0 saturated heterocycles. The number of ether oxygens (including phenoxy) is 2. The second kappa shape index (κ2) is 8.22. The van der Waals surface area contributed by atoms with Crippen molar-refractivity contribution in [1.29, 1.82) is 0 Å². The van der Waals surface area contributed by atoms with E-state index in [0.29, 0.717) is 30.9 Å². The first-order valence-corrected chi connectivity index (χ1v) is 7.57. The van der Waals surface area contributed by atoms with Crippen molar-refractivity contribution in [3.05, 3.63) is 42.0 Å². The number of amides is 1. The predicted octanol–water partition coefficient (Wildman–Crippen LogP) is 1.73. The molecule has 1 amide bonds. The normalized spacial score (nSPS) is 10.4. The monoisotopic (exact) mass is 317 g/mol. The second-order valence-electron chi connectivity index (χ2n) is 5.32. The Morgan fingerprint density at radius 2 is 2.00 bits per heavy atom. The van der Waals surface area contributed by atoms with E-state index in [-0.39, 0.29) is 5.91 Å². The van der Waals surface area contributed by atoms with Crippen LogP contribution < -0.4 is 14.8 Å². The molecular weight excluding hydrogens is 294 g/mol. The lowest BCUT2D eigenvalue weighted by molar-refractivity contribution is -0.121. The standard InChI is InChI=1S/C17H23N3O3/c1-20-11-14(19-12-20)8-9-18-17(21)7-5-13-4-6-15(22-2)16(10-13)23-3/h4,6,10-12H,5,7-9H2,1-3H3,(H,18,21). The zero-order valence-corrected chi connectivity index (χ0v) is 13.8. The van der Waals surface area contributed by atoms with Crippen molar-refractivity contribution in [2.45, 2.75) is 19.3 Å². The second-order valence-corrected chi connectivity index (χ2v) is 5.32. The molecule has 6 heteroatoms. The van der Waals surface area contributed by atoms with Crippen LogP contribution in [0.4, 0.5) is 0 Å². The zero-order valence-electron chi connectivity index (χ0n) is 13.8. The smallest absolute Gasteiger partial charge is 0.220 e. The molecule has 1 N–H and O–H groups in total. The van der Waals surface area contributed by atoms with Crippen LogP contribution in [0.25, 0.3) is 0 Å². The predicted molar refractivity (Wildman–Crippen MR) is 87.8 cm³/mol. The minimum Gasteiger partial charge on any atom is -0.493 e. The fourth-order valence-corrected chi connectivity index (χ4v) is 2.31. The molecule has 6 nitrogen and oxygen atoms in total. The van der Waals surface area contributed by atoms with E-state index >= 15 is 0 Å². The van der Waals surface area contributed by atoms with Crippen LogP contribution in [-0.2, 0) is 24.7 Å². The highest BCUT2D eigenvalue weighted by molar-refractivity contribution is 5.76. The van der Waals surface area contributed by atoms with Crippen LogP contribution in [0.1, 0.15) is 17.7 Å². The van der Waals surface area contributed by atoms with E-state index in [9.17, 15) is 4.79 Å². The van der Waals surface area contributed by atoms with Gasteiger partial charge in [-0.3, -0.25) is 4.79 Å². The van der Waals surface area contributed by atoms with Gasteiger partial charge < -0.3 is 19.4 Å². The summed E-state index contributed by atoms with van der Waals surface area (Å²) in [4.78, 5) is 16.1. The van der Waals surface area contributed by atoms with Crippen molar-refractivity contribution in [3.8, 4) is 11.5 Å². The summed E-state index contributed by atoms with van der Waals surface area (Å²) in [6.45, 7) is 0.599. The Morgan fingerprint density at radius 3 is 2.65 bits per heavy atom. The van der Waals surface area contributed by atoms with E-state index < -0.39 is 0 Å². The highest BCUT2D eigenvalue weighted by Gasteiger charge is 2.07. The number of benzene rings is 1. The molecule has 0 spiro atoms. The first-order chi connectivity index (χ1) is 11.1. The van der Waals surface area contributed by atoms with Gasteiger partial charge in [0.2, 0.25) is 5.91 Å². The third-order valence-electron chi connectivity index (χ3n) is 3.55. The maximum Gasteiger partial charge on any atom is 0.220 e. The molecule has 0 bridgehead atoms. The molecule has 0 aliphatic carbocycles. The maximum atomic E-state index is 11.9. The first kappa shape index (κ1) is 16.9. The molecule has 2 rings (SSSR count). The van der Waals surface area contributed by atoms with Crippen LogP contribution in [-0.4, -0.2) is 36.2 Å². The number of hydrogen-bond acceptors (Lipinski definition) is 4. The van der Waals surface area contributed by atoms with Crippen LogP contribution in [0.15, 0.2) is 30.7 Å². The Labute approximate surface area is 136 Å². The van der Waals surface area contributed by atoms with Gasteiger partial charge in [0.1, 0.15) is 0 Å². The Morgan fingerprint density at radius 1 is 1.22 bits per heavy atom. The number of aromatic nitrogens is 2. The molecule has 0 atom stereocenters. The number of nitrogens with one attached hydrogen (secondary N) is 1. The van der Waals surface area contributed by atoms with E-state index in [1.165, 1.54) is 0 Å². The molecular formula is C17H23N3O3. The Balaban J connectivity index is 1.75. The summed E-state index contributed by atoms with van der Waals surface area (Å²) in [6, 6.07) is 5.70. The molecule has 23 heavy (non-hydrogen) atoms. The number of carbonyl (C=O) groups excluding carboxylic acids is 1. The Hall–Kier alpha value is -2.50. The van der Waals surface area contributed by atoms with Gasteiger partial charge in [-0.2, -0.15) is 0 Å². The SMILES string of the molecule is COc1ccc(CCC(=O)NCCc2cn(C)cn2)cc1OC. The molecule has 0 aliphatic heterocycles. The van der Waals surface area contributed by atoms with Gasteiger partial charge >= 0.3 is 0 Å². The average Bonchev–Trinajstić information content (AvgIpc) is 2.98. The van der Waals surface area contributed by atoms with E-state index in [1.807, 2.05) is 36.0 Å². The van der Waals surface area contributed by atoms with Crippen molar-refractivity contribution in [3.63, 3.8) is 0 Å². The van der Waals surface area contributed by atoms with Gasteiger partial charge in [0, 0.05) is 32.6 Å². The topological polar surface area (TPSA) is 65.4 Å². The molecule has 0 aliphatic rings. The number of aryl methyl sites for hydroxylation is 2. The Kier molecular flexibility index (Phi) is 6.02. The summed E-state index contributed by atoms with van der Waals surface area (Å²) in [5.74, 6) is 1.41. The van der Waals surface area contributed by atoms with Crippen LogP contribution in [0.2, 0.25) is 0 Å². The number of hydrogen-bond donors (Lipinski definition) is 1. The maximum absolute atomic E-state index is 11.9. The third-order valence-corrected chi connectivity index (χ3v) is 3.55. The zero-order chi connectivity index (χ0) is 16.7. The fourth-order valence-electron chi connectivity index (χ4n) is 2.31. The summed E-state index contributed by atoms with van der Waals surface area (Å²) >= 11 is 0. The van der Waals surface area contributed by atoms with E-state index in [0.717, 1.165) is 17.7 Å². The lowest BCUT2D eigenvalue weighted by atomic mass is 10.1. The van der Waals surface area contributed by atoms with Gasteiger partial charge in [-0.15, -0.1) is 0 Å². The summed E-state index contributed by atoms with van der Waals surface area (Å²) in [5, 5.41) is 2.92. The summed E-state index contributed by atoms with van der Waals surface area (Å²) in [7, 11) is 5.14. The average molecular weight is 317 g/mol. The third kappa shape index (κ3) is 5.02. The Bertz CT molecular complexity index is 652. The molecule has 2 aromatic rings. The van der Waals surface area contributed by atoms with E-state index in [2.05, 4.69) is 10.3 Å². The molecule has 0 saturated carbocycles. The largest absolute Gasteiger partial charge is 0.493 e. The van der Waals surface area contributed by atoms with E-state index in [4.69, 9.17) is 9.47 Å². The van der Waals surface area contributed by atoms with Crippen molar-refractivity contribution < 1.29 is 14.3 Å². The van der Waals surface area contributed by atoms with Gasteiger partial charge in [0.05, 0.1) is 26.2 Å². The number of imidazole rings is 1. The van der Waals surface area contributed by atoms with Gasteiger partial charge in [-0.1, -0.05) is 6.07 Å². The minimum atomic E-state index is 0.0377. The number of rotatable bonds is 8. The fraction of sp³-hybridized carbons (Fsp3) is 0.412. The molecule has 0 fully saturated rings. The molecule has 1 aromatic carbocycles. The molecule has 1 aromatic heterocycles. The highest BCUT2D eigenvalue weighted by atomic mass is 16.5. The quantitative estimate of drug-likeness (QED) is 0.805. The van der Waals surface area contributed by atoms with Crippen molar-refractivity contribution >= 4 is 5.91 Å². The van der Waals surface area contributed by atoms with Gasteiger partial charge in [0.15, 0.2) is 11.5 Å². The highest BCUT2D eigenvalue weighted by Crippen LogP contribution is 2.27. The number of methoxy groups -OCH3 is 2. The lowest BCUT2D eigenvalue weighted by Crippen LogP contribution is -2.25. The molecule has 124 valence electrons. The van der Waals surface area contributed by atoms with Crippen LogP contribution in [0, 0.1) is 0 Å². The van der Waals surface area contributed by atoms with Gasteiger partial charge in [0.25, 0.3) is 0 Å². The first-order valence-electron chi connectivity index (χ1n) is 7.57. The van der Waals surface area contributed by atoms with E-state index in [1.54, 1.807) is 20.5 Å². The summed E-state index contributed by atoms with van der Waals surface area (Å²) in [6.07, 6.45) is 5.56.